The zero-order chi connectivity index (χ0) is 13.9. The number of anilines is 1. The van der Waals surface area contributed by atoms with Gasteiger partial charge in [0.05, 0.1) is 13.2 Å². The lowest BCUT2D eigenvalue weighted by Gasteiger charge is -2.32. The molecule has 0 aliphatic carbocycles. The smallest absolute Gasteiger partial charge is 0.205 e. The summed E-state index contributed by atoms with van der Waals surface area (Å²) < 4.78 is 9.93. The van der Waals surface area contributed by atoms with Crippen LogP contribution in [0.4, 0.5) is 5.13 Å². The van der Waals surface area contributed by atoms with E-state index >= 15 is 0 Å². The van der Waals surface area contributed by atoms with Gasteiger partial charge in [-0.05, 0) is 12.8 Å². The van der Waals surface area contributed by atoms with Crippen molar-refractivity contribution in [2.45, 2.75) is 38.6 Å². The van der Waals surface area contributed by atoms with Crippen LogP contribution in [0.15, 0.2) is 0 Å². The van der Waals surface area contributed by atoms with Crippen LogP contribution in [0.2, 0.25) is 0 Å². The maximum Gasteiger partial charge on any atom is 0.205 e. The summed E-state index contributed by atoms with van der Waals surface area (Å²) >= 11 is 1.56. The molecule has 0 spiro atoms. The van der Waals surface area contributed by atoms with E-state index in [9.17, 15) is 0 Å². The first kappa shape index (κ1) is 14.2. The number of morpholine rings is 1. The van der Waals surface area contributed by atoms with Crippen LogP contribution in [0.5, 0.6) is 0 Å². The van der Waals surface area contributed by atoms with Crippen LogP contribution in [-0.2, 0) is 4.74 Å². The summed E-state index contributed by atoms with van der Waals surface area (Å²) in [5.74, 6) is 1.40. The van der Waals surface area contributed by atoms with Crippen molar-refractivity contribution in [1.29, 1.82) is 0 Å². The zero-order valence-corrected chi connectivity index (χ0v) is 13.2. The molecule has 0 unspecified atom stereocenters. The lowest BCUT2D eigenvalue weighted by Crippen LogP contribution is -2.45. The summed E-state index contributed by atoms with van der Waals surface area (Å²) in [4.78, 5) is 9.72. The minimum atomic E-state index is 0.417. The van der Waals surface area contributed by atoms with Gasteiger partial charge >= 0.3 is 0 Å². The summed E-state index contributed by atoms with van der Waals surface area (Å²) in [6.45, 7) is 10.5. The monoisotopic (exact) mass is 296 g/mol. The fraction of sp³-hybridized carbons (Fsp3) is 0.857. The summed E-state index contributed by atoms with van der Waals surface area (Å²) in [5, 5.41) is 1.12. The highest BCUT2D eigenvalue weighted by atomic mass is 32.1. The van der Waals surface area contributed by atoms with Gasteiger partial charge in [-0.25, -0.2) is 4.98 Å². The molecule has 2 aliphatic heterocycles. The van der Waals surface area contributed by atoms with Gasteiger partial charge in [0.2, 0.25) is 5.13 Å². The quantitative estimate of drug-likeness (QED) is 0.849. The van der Waals surface area contributed by atoms with Gasteiger partial charge in [-0.3, -0.25) is 4.90 Å². The van der Waals surface area contributed by atoms with Crippen LogP contribution in [-0.4, -0.2) is 59.7 Å². The van der Waals surface area contributed by atoms with E-state index in [2.05, 4.69) is 28.0 Å². The van der Waals surface area contributed by atoms with E-state index in [-0.39, 0.29) is 0 Å². The second-order valence-electron chi connectivity index (χ2n) is 5.99. The average molecular weight is 296 g/mol. The summed E-state index contributed by atoms with van der Waals surface area (Å²) in [7, 11) is 0. The van der Waals surface area contributed by atoms with Crippen molar-refractivity contribution < 1.29 is 4.74 Å². The van der Waals surface area contributed by atoms with E-state index in [0.717, 1.165) is 50.3 Å². The SMILES string of the molecule is CC(C)c1nsc(N2CCC[C@@H]2CN2CCOCC2)n1. The van der Waals surface area contributed by atoms with Crippen molar-refractivity contribution in [3.05, 3.63) is 5.82 Å². The second kappa shape index (κ2) is 6.37. The molecule has 3 rings (SSSR count). The molecule has 0 bridgehead atoms. The highest BCUT2D eigenvalue weighted by molar-refractivity contribution is 7.09. The van der Waals surface area contributed by atoms with E-state index in [1.165, 1.54) is 12.8 Å². The Bertz CT molecular complexity index is 431. The van der Waals surface area contributed by atoms with Crippen molar-refractivity contribution >= 4 is 16.7 Å². The molecule has 1 aromatic rings. The van der Waals surface area contributed by atoms with E-state index in [0.29, 0.717) is 12.0 Å². The van der Waals surface area contributed by atoms with Crippen LogP contribution in [0.1, 0.15) is 38.4 Å². The fourth-order valence-electron chi connectivity index (χ4n) is 2.94. The van der Waals surface area contributed by atoms with Gasteiger partial charge in [0, 0.05) is 49.7 Å². The largest absolute Gasteiger partial charge is 0.379 e. The maximum atomic E-state index is 5.43. The van der Waals surface area contributed by atoms with E-state index in [1.807, 2.05) is 0 Å². The van der Waals surface area contributed by atoms with Crippen LogP contribution >= 0.6 is 11.5 Å². The Hall–Kier alpha value is -0.720. The first-order chi connectivity index (χ1) is 9.74. The lowest BCUT2D eigenvalue weighted by atomic mass is 10.2. The van der Waals surface area contributed by atoms with Gasteiger partial charge in [-0.1, -0.05) is 13.8 Å². The minimum Gasteiger partial charge on any atom is -0.379 e. The zero-order valence-electron chi connectivity index (χ0n) is 12.4. The number of aromatic nitrogens is 2. The molecule has 5 nitrogen and oxygen atoms in total. The highest BCUT2D eigenvalue weighted by Crippen LogP contribution is 2.29. The third-order valence-electron chi connectivity index (χ3n) is 4.14. The molecular weight excluding hydrogens is 272 g/mol. The van der Waals surface area contributed by atoms with Crippen molar-refractivity contribution in [3.63, 3.8) is 0 Å². The molecule has 0 amide bonds. The van der Waals surface area contributed by atoms with Crippen molar-refractivity contribution in [1.82, 2.24) is 14.3 Å². The Kier molecular flexibility index (Phi) is 4.53. The van der Waals surface area contributed by atoms with Crippen molar-refractivity contribution in [2.24, 2.45) is 0 Å². The molecule has 1 atom stereocenters. The molecule has 0 N–H and O–H groups in total. The van der Waals surface area contributed by atoms with Gasteiger partial charge in [0.15, 0.2) is 0 Å². The number of nitrogens with zero attached hydrogens (tertiary/aromatic N) is 4. The number of hydrogen-bond acceptors (Lipinski definition) is 6. The van der Waals surface area contributed by atoms with Crippen LogP contribution in [0.3, 0.4) is 0 Å². The van der Waals surface area contributed by atoms with Crippen molar-refractivity contribution in [2.75, 3.05) is 44.3 Å². The van der Waals surface area contributed by atoms with E-state index in [1.54, 1.807) is 11.5 Å². The van der Waals surface area contributed by atoms with Crippen molar-refractivity contribution in [3.8, 4) is 0 Å². The van der Waals surface area contributed by atoms with Gasteiger partial charge in [0.1, 0.15) is 5.82 Å². The molecule has 112 valence electrons. The molecule has 20 heavy (non-hydrogen) atoms. The Morgan fingerprint density at radius 3 is 2.80 bits per heavy atom. The summed E-state index contributed by atoms with van der Waals surface area (Å²) in [6, 6.07) is 0.598. The van der Waals surface area contributed by atoms with E-state index in [4.69, 9.17) is 9.72 Å². The topological polar surface area (TPSA) is 41.5 Å². The lowest BCUT2D eigenvalue weighted by molar-refractivity contribution is 0.0355. The Balaban J connectivity index is 1.64. The number of hydrogen-bond donors (Lipinski definition) is 0. The number of rotatable bonds is 4. The molecule has 6 heteroatoms. The Morgan fingerprint density at radius 1 is 1.30 bits per heavy atom. The molecule has 0 aromatic carbocycles. The predicted molar refractivity (Wildman–Crippen MR) is 81.6 cm³/mol. The van der Waals surface area contributed by atoms with Gasteiger partial charge < -0.3 is 9.64 Å². The summed E-state index contributed by atoms with van der Waals surface area (Å²) in [5.41, 5.74) is 0. The third-order valence-corrected chi connectivity index (χ3v) is 4.91. The molecule has 2 saturated heterocycles. The molecule has 2 fully saturated rings. The van der Waals surface area contributed by atoms with Crippen LogP contribution in [0, 0.1) is 0 Å². The molecule has 3 heterocycles. The standard InChI is InChI=1S/C14H24N4OS/c1-11(2)13-15-14(20-16-13)18-5-3-4-12(18)10-17-6-8-19-9-7-17/h11-12H,3-10H2,1-2H3/t12-/m1/s1. The predicted octanol–water partition coefficient (Wildman–Crippen LogP) is 1.96. The van der Waals surface area contributed by atoms with Crippen LogP contribution < -0.4 is 4.90 Å². The second-order valence-corrected chi connectivity index (χ2v) is 6.72. The van der Waals surface area contributed by atoms with E-state index < -0.39 is 0 Å². The van der Waals surface area contributed by atoms with Crippen LogP contribution in [0.25, 0.3) is 0 Å². The normalized spacial score (nSPS) is 24.8. The first-order valence-corrected chi connectivity index (χ1v) is 8.41. The third kappa shape index (κ3) is 3.13. The maximum absolute atomic E-state index is 5.43. The van der Waals surface area contributed by atoms with Gasteiger partial charge in [0.25, 0.3) is 0 Å². The Morgan fingerprint density at radius 2 is 2.10 bits per heavy atom. The number of ether oxygens (including phenoxy) is 1. The molecule has 0 saturated carbocycles. The Labute approximate surface area is 125 Å². The molecule has 2 aliphatic rings. The highest BCUT2D eigenvalue weighted by Gasteiger charge is 2.29. The first-order valence-electron chi connectivity index (χ1n) is 7.64. The average Bonchev–Trinajstić information content (AvgIpc) is 3.08. The fourth-order valence-corrected chi connectivity index (χ4v) is 3.84. The molecule has 0 radical (unpaired) electrons. The minimum absolute atomic E-state index is 0.417. The van der Waals surface area contributed by atoms with Gasteiger partial charge in [-0.2, -0.15) is 4.37 Å². The summed E-state index contributed by atoms with van der Waals surface area (Å²) in [6.07, 6.45) is 2.54. The molecule has 1 aromatic heterocycles. The molecular formula is C14H24N4OS. The van der Waals surface area contributed by atoms with Gasteiger partial charge in [-0.15, -0.1) is 0 Å².